The lowest BCUT2D eigenvalue weighted by atomic mass is 9.66. The van der Waals surface area contributed by atoms with E-state index in [9.17, 15) is 14.0 Å². The van der Waals surface area contributed by atoms with Gasteiger partial charge in [-0.1, -0.05) is 6.42 Å². The van der Waals surface area contributed by atoms with Crippen molar-refractivity contribution in [3.8, 4) is 0 Å². The predicted molar refractivity (Wildman–Crippen MR) is 102 cm³/mol. The molecule has 0 bridgehead atoms. The Morgan fingerprint density at radius 1 is 1.32 bits per heavy atom. The van der Waals surface area contributed by atoms with Gasteiger partial charge in [0.2, 0.25) is 10.8 Å². The molecule has 1 atom stereocenters. The van der Waals surface area contributed by atoms with E-state index in [2.05, 4.69) is 25.8 Å². The highest BCUT2D eigenvalue weighted by atomic mass is 32.2. The van der Waals surface area contributed by atoms with E-state index in [1.165, 1.54) is 6.07 Å². The van der Waals surface area contributed by atoms with Crippen LogP contribution in [-0.4, -0.2) is 39.3 Å². The van der Waals surface area contributed by atoms with E-state index < -0.39 is 10.8 Å². The van der Waals surface area contributed by atoms with Crippen LogP contribution < -0.4 is 16.4 Å². The zero-order chi connectivity index (χ0) is 19.8. The monoisotopic (exact) mass is 402 g/mol. The van der Waals surface area contributed by atoms with Crippen molar-refractivity contribution in [2.24, 2.45) is 5.73 Å². The summed E-state index contributed by atoms with van der Waals surface area (Å²) in [6.45, 7) is 0.474. The number of nitrogens with zero attached hydrogens (tertiary/aromatic N) is 3. The zero-order valence-corrected chi connectivity index (χ0v) is 15.8. The number of amides is 2. The second-order valence-corrected chi connectivity index (χ2v) is 8.20. The number of thioether (sulfide) groups is 1. The van der Waals surface area contributed by atoms with Gasteiger partial charge in [-0.25, -0.2) is 4.39 Å². The Morgan fingerprint density at radius 2 is 2.14 bits per heavy atom. The van der Waals surface area contributed by atoms with Crippen molar-refractivity contribution in [2.45, 2.75) is 29.5 Å². The van der Waals surface area contributed by atoms with Crippen LogP contribution in [0, 0.1) is 5.82 Å². The number of rotatable bonds is 6. The molecule has 146 valence electrons. The van der Waals surface area contributed by atoms with Gasteiger partial charge in [0.05, 0.1) is 11.4 Å². The fourth-order valence-electron chi connectivity index (χ4n) is 3.59. The lowest BCUT2D eigenvalue weighted by Crippen LogP contribution is -2.48. The first kappa shape index (κ1) is 18.6. The van der Waals surface area contributed by atoms with Gasteiger partial charge < -0.3 is 16.4 Å². The number of halogens is 1. The molecular formula is C18H19FN6O2S. The van der Waals surface area contributed by atoms with E-state index in [4.69, 9.17) is 5.73 Å². The van der Waals surface area contributed by atoms with Gasteiger partial charge in [-0.3, -0.25) is 14.6 Å². The fraction of sp³-hybridized carbons (Fsp3) is 0.389. The number of carbonyl (C=O) groups is 2. The van der Waals surface area contributed by atoms with Gasteiger partial charge in [-0.05, 0) is 37.1 Å². The third-order valence-electron chi connectivity index (χ3n) is 5.29. The van der Waals surface area contributed by atoms with Crippen LogP contribution in [0.25, 0.3) is 0 Å². The van der Waals surface area contributed by atoms with Crippen molar-refractivity contribution in [1.82, 2.24) is 20.5 Å². The Morgan fingerprint density at radius 3 is 2.68 bits per heavy atom. The SMILES string of the molecule is NC(=O)C1(c2ccc(NCC3(c4ncccc4F)CCC3)nn2)NC(=O)CS1. The third-order valence-corrected chi connectivity index (χ3v) is 6.64. The molecule has 4 rings (SSSR count). The molecule has 2 fully saturated rings. The van der Waals surface area contributed by atoms with Crippen molar-refractivity contribution in [3.05, 3.63) is 47.7 Å². The van der Waals surface area contributed by atoms with Crippen LogP contribution >= 0.6 is 11.8 Å². The second-order valence-electron chi connectivity index (χ2n) is 7.01. The van der Waals surface area contributed by atoms with Crippen LogP contribution in [-0.2, 0) is 19.9 Å². The normalized spacial score (nSPS) is 23.0. The molecular weight excluding hydrogens is 383 g/mol. The summed E-state index contributed by atoms with van der Waals surface area (Å²) in [7, 11) is 0. The molecule has 4 N–H and O–H groups in total. The Hall–Kier alpha value is -2.75. The van der Waals surface area contributed by atoms with Crippen molar-refractivity contribution in [1.29, 1.82) is 0 Å². The van der Waals surface area contributed by atoms with Crippen LogP contribution in [0.15, 0.2) is 30.5 Å². The maximum absolute atomic E-state index is 14.2. The quantitative estimate of drug-likeness (QED) is 0.660. The van der Waals surface area contributed by atoms with Gasteiger partial charge in [-0.15, -0.1) is 22.0 Å². The molecule has 3 heterocycles. The molecule has 1 aliphatic heterocycles. The molecule has 1 saturated carbocycles. The Bertz CT molecular complexity index is 921. The second kappa shape index (κ2) is 7.01. The smallest absolute Gasteiger partial charge is 0.260 e. The predicted octanol–water partition coefficient (Wildman–Crippen LogP) is 1.05. The summed E-state index contributed by atoms with van der Waals surface area (Å²) in [6.07, 6.45) is 4.30. The van der Waals surface area contributed by atoms with Crippen LogP contribution in [0.3, 0.4) is 0 Å². The number of carbonyl (C=O) groups excluding carboxylic acids is 2. The van der Waals surface area contributed by atoms with Crippen molar-refractivity contribution in [3.63, 3.8) is 0 Å². The van der Waals surface area contributed by atoms with E-state index in [0.717, 1.165) is 31.0 Å². The Balaban J connectivity index is 1.50. The van der Waals surface area contributed by atoms with Gasteiger partial charge in [0.15, 0.2) is 0 Å². The molecule has 2 aromatic rings. The number of anilines is 1. The highest BCUT2D eigenvalue weighted by Crippen LogP contribution is 2.43. The summed E-state index contributed by atoms with van der Waals surface area (Å²) < 4.78 is 14.2. The van der Waals surface area contributed by atoms with E-state index in [1.54, 1.807) is 24.4 Å². The van der Waals surface area contributed by atoms with Crippen LogP contribution in [0.4, 0.5) is 10.2 Å². The van der Waals surface area contributed by atoms with E-state index >= 15 is 0 Å². The highest BCUT2D eigenvalue weighted by molar-refractivity contribution is 8.02. The molecule has 8 nitrogen and oxygen atoms in total. The van der Waals surface area contributed by atoms with Crippen molar-refractivity contribution < 1.29 is 14.0 Å². The van der Waals surface area contributed by atoms with Gasteiger partial charge in [-0.2, -0.15) is 0 Å². The molecule has 28 heavy (non-hydrogen) atoms. The molecule has 0 spiro atoms. The number of pyridine rings is 1. The number of aromatic nitrogens is 3. The summed E-state index contributed by atoms with van der Waals surface area (Å²) in [6, 6.07) is 6.28. The minimum atomic E-state index is -1.39. The molecule has 1 saturated heterocycles. The lowest BCUT2D eigenvalue weighted by Gasteiger charge is -2.41. The maximum atomic E-state index is 14.2. The van der Waals surface area contributed by atoms with E-state index in [0.29, 0.717) is 18.1 Å². The van der Waals surface area contributed by atoms with E-state index in [-0.39, 0.29) is 28.6 Å². The highest BCUT2D eigenvalue weighted by Gasteiger charge is 2.47. The van der Waals surface area contributed by atoms with Gasteiger partial charge >= 0.3 is 0 Å². The average molecular weight is 402 g/mol. The standard InChI is InChI=1S/C18H19FN6O2S/c19-11-3-1-8-21-15(11)17(6-2-7-17)10-22-13-5-4-12(24-25-13)18(16(20)27)23-14(26)9-28-18/h1,3-5,8H,2,6-7,9-10H2,(H2,20,27)(H,22,25)(H,23,26). The number of hydrogen-bond acceptors (Lipinski definition) is 7. The summed E-state index contributed by atoms with van der Waals surface area (Å²) in [5, 5.41) is 14.0. The number of nitrogens with one attached hydrogen (secondary N) is 2. The maximum Gasteiger partial charge on any atom is 0.260 e. The summed E-state index contributed by atoms with van der Waals surface area (Å²) >= 11 is 1.09. The Labute approximate surface area is 164 Å². The molecule has 2 amide bonds. The van der Waals surface area contributed by atoms with Gasteiger partial charge in [0, 0.05) is 18.2 Å². The first-order chi connectivity index (χ1) is 13.5. The fourth-order valence-corrected chi connectivity index (χ4v) is 4.59. The molecule has 10 heteroatoms. The molecule has 1 unspecified atom stereocenters. The van der Waals surface area contributed by atoms with E-state index in [1.807, 2.05) is 0 Å². The third kappa shape index (κ3) is 3.07. The van der Waals surface area contributed by atoms with Crippen LogP contribution in [0.2, 0.25) is 0 Å². The Kier molecular flexibility index (Phi) is 4.66. The average Bonchev–Trinajstić information content (AvgIpc) is 3.06. The van der Waals surface area contributed by atoms with Crippen LogP contribution in [0.5, 0.6) is 0 Å². The zero-order valence-electron chi connectivity index (χ0n) is 14.9. The summed E-state index contributed by atoms with van der Waals surface area (Å²) in [4.78, 5) is 26.3. The number of hydrogen-bond donors (Lipinski definition) is 3. The van der Waals surface area contributed by atoms with Crippen molar-refractivity contribution in [2.75, 3.05) is 17.6 Å². The molecule has 0 aromatic carbocycles. The lowest BCUT2D eigenvalue weighted by molar-refractivity contribution is -0.126. The minimum absolute atomic E-state index is 0.128. The van der Waals surface area contributed by atoms with Gasteiger partial charge in [0.25, 0.3) is 5.91 Å². The topological polar surface area (TPSA) is 123 Å². The number of nitrogens with two attached hydrogens (primary N) is 1. The summed E-state index contributed by atoms with van der Waals surface area (Å²) in [5.41, 5.74) is 5.86. The van der Waals surface area contributed by atoms with Crippen LogP contribution in [0.1, 0.15) is 30.7 Å². The molecule has 2 aromatic heterocycles. The molecule has 1 aliphatic carbocycles. The first-order valence-corrected chi connectivity index (χ1v) is 9.88. The molecule has 0 radical (unpaired) electrons. The van der Waals surface area contributed by atoms with Crippen molar-refractivity contribution >= 4 is 29.4 Å². The largest absolute Gasteiger partial charge is 0.368 e. The summed E-state index contributed by atoms with van der Waals surface area (Å²) in [5.74, 6) is -0.666. The van der Waals surface area contributed by atoms with Gasteiger partial charge in [0.1, 0.15) is 17.3 Å². The minimum Gasteiger partial charge on any atom is -0.368 e. The number of primary amides is 1. The molecule has 2 aliphatic rings. The first-order valence-electron chi connectivity index (χ1n) is 8.89.